The summed E-state index contributed by atoms with van der Waals surface area (Å²) >= 11 is 15.8. The maximum atomic E-state index is 13.5. The van der Waals surface area contributed by atoms with Crippen LogP contribution in [0.4, 0.5) is 5.69 Å². The summed E-state index contributed by atoms with van der Waals surface area (Å²) < 4.78 is 30.2. The monoisotopic (exact) mass is 615 g/mol. The fraction of sp³-hybridized carbons (Fsp3) is 0.273. The summed E-state index contributed by atoms with van der Waals surface area (Å²) in [4.78, 5) is 30.5. The minimum absolute atomic E-state index is 0.00940. The third-order valence-electron chi connectivity index (χ3n) is 4.98. The Morgan fingerprint density at radius 1 is 1.19 bits per heavy atom. The quantitative estimate of drug-likeness (QED) is 0.411. The number of amides is 2. The molecule has 190 valence electrons. The van der Waals surface area contributed by atoms with Gasteiger partial charge < -0.3 is 15.4 Å². The average molecular weight is 617 g/mol. The molecule has 2 N–H and O–H groups in total. The minimum atomic E-state index is -3.13. The molecule has 0 aliphatic carbocycles. The Balaban J connectivity index is 1.71. The van der Waals surface area contributed by atoms with Crippen LogP contribution in [0.15, 0.2) is 41.0 Å². The van der Waals surface area contributed by atoms with E-state index in [2.05, 4.69) is 36.6 Å². The number of ether oxygens (including phenoxy) is 1. The Morgan fingerprint density at radius 3 is 2.56 bits per heavy atom. The number of nitrogens with one attached hydrogen (secondary N) is 2. The van der Waals surface area contributed by atoms with Crippen LogP contribution in [-0.2, 0) is 9.84 Å². The van der Waals surface area contributed by atoms with Crippen LogP contribution in [0.2, 0.25) is 10.0 Å². The molecule has 3 heterocycles. The number of halogens is 3. The lowest BCUT2D eigenvalue weighted by Gasteiger charge is -2.25. The Labute approximate surface area is 225 Å². The second kappa shape index (κ2) is 10.4. The second-order valence-electron chi connectivity index (χ2n) is 8.30. The van der Waals surface area contributed by atoms with Gasteiger partial charge in [0.05, 0.1) is 27.8 Å². The highest BCUT2D eigenvalue weighted by Gasteiger charge is 2.36. The smallest absolute Gasteiger partial charge is 0.274 e. The van der Waals surface area contributed by atoms with Crippen molar-refractivity contribution in [3.05, 3.63) is 62.3 Å². The third kappa shape index (κ3) is 5.83. The summed E-state index contributed by atoms with van der Waals surface area (Å²) in [5.74, 6) is -1.18. The largest absolute Gasteiger partial charge is 0.471 e. The predicted molar refractivity (Wildman–Crippen MR) is 139 cm³/mol. The summed E-state index contributed by atoms with van der Waals surface area (Å²) in [6.07, 6.45) is 0.901. The summed E-state index contributed by atoms with van der Waals surface area (Å²) in [6, 6.07) is 7.39. The lowest BCUT2D eigenvalue weighted by Crippen LogP contribution is -2.45. The number of rotatable bonds is 7. The van der Waals surface area contributed by atoms with E-state index < -0.39 is 27.8 Å². The van der Waals surface area contributed by atoms with E-state index in [1.807, 2.05) is 0 Å². The molecular weight excluding hydrogens is 597 g/mol. The van der Waals surface area contributed by atoms with Gasteiger partial charge >= 0.3 is 0 Å². The van der Waals surface area contributed by atoms with Crippen LogP contribution in [0.25, 0.3) is 5.82 Å². The van der Waals surface area contributed by atoms with Crippen LogP contribution in [-0.4, -0.2) is 58.6 Å². The molecule has 1 aliphatic rings. The molecule has 36 heavy (non-hydrogen) atoms. The van der Waals surface area contributed by atoms with E-state index in [9.17, 15) is 18.0 Å². The SMILES string of the molecule is CC(C)NC(=O)c1cc(Cl)cc(Br)c1NC(=O)c1cc(OC2CS(=O)(=O)C2)nn1-c1ncccc1Cl. The van der Waals surface area contributed by atoms with Gasteiger partial charge in [-0.05, 0) is 54.0 Å². The Hall–Kier alpha value is -2.67. The third-order valence-corrected chi connectivity index (χ3v) is 7.88. The van der Waals surface area contributed by atoms with Gasteiger partial charge in [0.15, 0.2) is 15.7 Å². The van der Waals surface area contributed by atoms with Gasteiger partial charge in [0.1, 0.15) is 11.8 Å². The molecule has 3 aromatic rings. The van der Waals surface area contributed by atoms with Crippen LogP contribution in [0.3, 0.4) is 0 Å². The van der Waals surface area contributed by atoms with Crippen molar-refractivity contribution in [1.82, 2.24) is 20.1 Å². The van der Waals surface area contributed by atoms with Crippen LogP contribution in [0, 0.1) is 0 Å². The maximum absolute atomic E-state index is 13.5. The molecule has 1 aliphatic heterocycles. The summed E-state index contributed by atoms with van der Waals surface area (Å²) in [7, 11) is -3.13. The lowest BCUT2D eigenvalue weighted by molar-refractivity contribution is 0.0944. The number of carbonyl (C=O) groups is 2. The molecule has 1 saturated heterocycles. The van der Waals surface area contributed by atoms with Crippen LogP contribution < -0.4 is 15.4 Å². The normalized spacial score (nSPS) is 14.8. The van der Waals surface area contributed by atoms with Crippen molar-refractivity contribution >= 4 is 66.5 Å². The van der Waals surface area contributed by atoms with Crippen molar-refractivity contribution in [3.8, 4) is 11.7 Å². The number of sulfone groups is 1. The predicted octanol–water partition coefficient (Wildman–Crippen LogP) is 3.90. The van der Waals surface area contributed by atoms with Crippen LogP contribution in [0.5, 0.6) is 5.88 Å². The number of benzene rings is 1. The first-order valence-electron chi connectivity index (χ1n) is 10.6. The molecule has 10 nitrogen and oxygen atoms in total. The highest BCUT2D eigenvalue weighted by atomic mass is 79.9. The van der Waals surface area contributed by atoms with E-state index in [4.69, 9.17) is 27.9 Å². The van der Waals surface area contributed by atoms with E-state index in [1.54, 1.807) is 32.0 Å². The van der Waals surface area contributed by atoms with Crippen molar-refractivity contribution in [3.63, 3.8) is 0 Å². The molecule has 0 radical (unpaired) electrons. The summed E-state index contributed by atoms with van der Waals surface area (Å²) in [5, 5.41) is 10.3. The Morgan fingerprint density at radius 2 is 1.92 bits per heavy atom. The fourth-order valence-corrected chi connectivity index (χ4v) is 5.71. The van der Waals surface area contributed by atoms with Crippen LogP contribution in [0.1, 0.15) is 34.7 Å². The molecule has 2 aromatic heterocycles. The Kier molecular flexibility index (Phi) is 7.60. The van der Waals surface area contributed by atoms with Crippen molar-refractivity contribution in [1.29, 1.82) is 0 Å². The molecule has 1 aromatic carbocycles. The average Bonchev–Trinajstić information content (AvgIpc) is 3.17. The zero-order chi connectivity index (χ0) is 26.2. The summed E-state index contributed by atoms with van der Waals surface area (Å²) in [6.45, 7) is 3.61. The molecule has 1 fully saturated rings. The number of anilines is 1. The zero-order valence-corrected chi connectivity index (χ0v) is 22.9. The molecule has 2 amide bonds. The zero-order valence-electron chi connectivity index (χ0n) is 19.0. The van der Waals surface area contributed by atoms with Crippen molar-refractivity contribution < 1.29 is 22.7 Å². The molecule has 0 spiro atoms. The highest BCUT2D eigenvalue weighted by molar-refractivity contribution is 9.10. The van der Waals surface area contributed by atoms with Crippen molar-refractivity contribution in [2.75, 3.05) is 16.8 Å². The first-order chi connectivity index (χ1) is 16.9. The van der Waals surface area contributed by atoms with E-state index in [0.29, 0.717) is 9.50 Å². The molecule has 0 atom stereocenters. The second-order valence-corrected chi connectivity index (χ2v) is 12.1. The minimum Gasteiger partial charge on any atom is -0.471 e. The van der Waals surface area contributed by atoms with Gasteiger partial charge in [0.25, 0.3) is 11.8 Å². The van der Waals surface area contributed by atoms with E-state index in [1.165, 1.54) is 23.0 Å². The number of pyridine rings is 1. The van der Waals surface area contributed by atoms with Gasteiger partial charge in [-0.25, -0.2) is 18.1 Å². The molecule has 0 saturated carbocycles. The van der Waals surface area contributed by atoms with Crippen molar-refractivity contribution in [2.24, 2.45) is 0 Å². The van der Waals surface area contributed by atoms with Gasteiger partial charge in [0.2, 0.25) is 5.88 Å². The number of nitrogens with zero attached hydrogens (tertiary/aromatic N) is 3. The fourth-order valence-electron chi connectivity index (χ4n) is 3.43. The molecule has 0 unspecified atom stereocenters. The maximum Gasteiger partial charge on any atom is 0.274 e. The molecule has 4 rings (SSSR count). The van der Waals surface area contributed by atoms with Gasteiger partial charge in [-0.3, -0.25) is 9.59 Å². The number of aromatic nitrogens is 3. The molecule has 14 heteroatoms. The number of hydrogen-bond donors (Lipinski definition) is 2. The van der Waals surface area contributed by atoms with E-state index in [0.717, 1.165) is 0 Å². The highest BCUT2D eigenvalue weighted by Crippen LogP contribution is 2.32. The summed E-state index contributed by atoms with van der Waals surface area (Å²) in [5.41, 5.74) is 0.328. The van der Waals surface area contributed by atoms with E-state index in [-0.39, 0.29) is 51.2 Å². The number of hydrogen-bond acceptors (Lipinski definition) is 7. The van der Waals surface area contributed by atoms with E-state index >= 15 is 0 Å². The molecule has 0 bridgehead atoms. The van der Waals surface area contributed by atoms with Crippen LogP contribution >= 0.6 is 39.1 Å². The first-order valence-corrected chi connectivity index (χ1v) is 14.0. The number of carbonyl (C=O) groups excluding carboxylic acids is 2. The Bertz CT molecular complexity index is 1450. The standard InChI is InChI=1S/C22H20BrCl2N5O5S/c1-11(2)27-21(31)14-6-12(24)7-15(23)19(14)28-22(32)17-8-18(35-13-9-36(33,34)10-13)29-30(17)20-16(25)4-3-5-26-20/h3-8,11,13H,9-10H2,1-2H3,(H,27,31)(H,28,32). The van der Waals surface area contributed by atoms with Gasteiger partial charge in [-0.2, -0.15) is 0 Å². The van der Waals surface area contributed by atoms with Gasteiger partial charge in [-0.15, -0.1) is 5.10 Å². The lowest BCUT2D eigenvalue weighted by atomic mass is 10.1. The first kappa shape index (κ1) is 26.4. The topological polar surface area (TPSA) is 132 Å². The van der Waals surface area contributed by atoms with Gasteiger partial charge in [-0.1, -0.05) is 23.2 Å². The van der Waals surface area contributed by atoms with Crippen molar-refractivity contribution in [2.45, 2.75) is 26.0 Å². The molecular formula is C22H20BrCl2N5O5S. The van der Waals surface area contributed by atoms with Gasteiger partial charge in [0, 0.05) is 27.8 Å².